The summed E-state index contributed by atoms with van der Waals surface area (Å²) in [5.41, 5.74) is -0.995. The summed E-state index contributed by atoms with van der Waals surface area (Å²) in [5.74, 6) is -0.904. The predicted octanol–water partition coefficient (Wildman–Crippen LogP) is 0.198. The minimum absolute atomic E-state index is 0.155. The minimum Gasteiger partial charge on any atom is -0.458 e. The fraction of sp³-hybridized carbons (Fsp3) is 0.600. The normalized spacial score (nSPS) is 42.3. The van der Waals surface area contributed by atoms with Gasteiger partial charge in [0.1, 0.15) is 11.7 Å². The molecule has 0 bridgehead atoms. The van der Waals surface area contributed by atoms with Crippen molar-refractivity contribution in [3.8, 4) is 0 Å². The monoisotopic (exact) mass is 196 g/mol. The Morgan fingerprint density at radius 1 is 1.57 bits per heavy atom. The zero-order valence-electron chi connectivity index (χ0n) is 7.95. The van der Waals surface area contributed by atoms with Crippen LogP contribution in [0.5, 0.6) is 0 Å². The maximum Gasteiger partial charge on any atom is 0.334 e. The fourth-order valence-electron chi connectivity index (χ4n) is 2.03. The van der Waals surface area contributed by atoms with E-state index in [1.165, 1.54) is 6.92 Å². The molecular weight excluding hydrogens is 184 g/mol. The van der Waals surface area contributed by atoms with Gasteiger partial charge in [-0.1, -0.05) is 6.58 Å². The zero-order chi connectivity index (χ0) is 10.5. The third kappa shape index (κ3) is 1.18. The van der Waals surface area contributed by atoms with Gasteiger partial charge in [-0.05, 0) is 6.92 Å². The van der Waals surface area contributed by atoms with E-state index in [9.17, 15) is 14.7 Å². The van der Waals surface area contributed by atoms with Crippen molar-refractivity contribution in [2.75, 3.05) is 0 Å². The maximum absolute atomic E-state index is 11.5. The second-order valence-electron chi connectivity index (χ2n) is 4.18. The molecule has 1 N–H and O–H groups in total. The van der Waals surface area contributed by atoms with Gasteiger partial charge in [0.25, 0.3) is 0 Å². The standard InChI is InChI=1S/C10H12O4/c1-5-6-3-8(11)10(2,13)4-7(6)14-9(5)12/h6-7,13H,1,3-4H2,2H3/t6-,7?,10+/m1/s1. The Bertz CT molecular complexity index is 329. The number of hydrogen-bond donors (Lipinski definition) is 1. The first-order valence-corrected chi connectivity index (χ1v) is 4.57. The lowest BCUT2D eigenvalue weighted by Gasteiger charge is -2.32. The molecular formula is C10H12O4. The first kappa shape index (κ1) is 9.40. The summed E-state index contributed by atoms with van der Waals surface area (Å²) in [6.07, 6.45) is -0.0357. The van der Waals surface area contributed by atoms with E-state index in [1.54, 1.807) is 0 Å². The first-order valence-electron chi connectivity index (χ1n) is 4.57. The van der Waals surface area contributed by atoms with Crippen molar-refractivity contribution in [3.05, 3.63) is 12.2 Å². The Hall–Kier alpha value is -1.16. The fourth-order valence-corrected chi connectivity index (χ4v) is 2.03. The molecule has 1 unspecified atom stereocenters. The van der Waals surface area contributed by atoms with Gasteiger partial charge >= 0.3 is 5.97 Å². The van der Waals surface area contributed by atoms with Crippen LogP contribution in [0, 0.1) is 5.92 Å². The van der Waals surface area contributed by atoms with Crippen LogP contribution >= 0.6 is 0 Å². The number of ether oxygens (including phenoxy) is 1. The highest BCUT2D eigenvalue weighted by Crippen LogP contribution is 2.39. The van der Waals surface area contributed by atoms with Crippen LogP contribution in [0.25, 0.3) is 0 Å². The number of aliphatic hydroxyl groups is 1. The summed E-state index contributed by atoms with van der Waals surface area (Å²) >= 11 is 0. The molecule has 76 valence electrons. The lowest BCUT2D eigenvalue weighted by atomic mass is 9.75. The van der Waals surface area contributed by atoms with Gasteiger partial charge in [-0.2, -0.15) is 0 Å². The lowest BCUT2D eigenvalue weighted by Crippen LogP contribution is -2.46. The van der Waals surface area contributed by atoms with Gasteiger partial charge < -0.3 is 9.84 Å². The molecule has 1 saturated heterocycles. The van der Waals surface area contributed by atoms with E-state index in [0.717, 1.165) is 0 Å². The van der Waals surface area contributed by atoms with Gasteiger partial charge in [0, 0.05) is 24.3 Å². The minimum atomic E-state index is -1.36. The molecule has 4 nitrogen and oxygen atoms in total. The third-order valence-corrected chi connectivity index (χ3v) is 3.02. The number of esters is 1. The summed E-state index contributed by atoms with van der Waals surface area (Å²) in [4.78, 5) is 22.6. The molecule has 0 aromatic rings. The Kier molecular flexibility index (Phi) is 1.79. The molecule has 1 heterocycles. The number of Topliss-reactive ketones (excluding diaryl/α,β-unsaturated/α-hetero) is 1. The average molecular weight is 196 g/mol. The summed E-state index contributed by atoms with van der Waals surface area (Å²) in [7, 11) is 0. The lowest BCUT2D eigenvalue weighted by molar-refractivity contribution is -0.152. The molecule has 1 saturated carbocycles. The summed E-state index contributed by atoms with van der Waals surface area (Å²) in [6, 6.07) is 0. The second kappa shape index (κ2) is 2.67. The smallest absolute Gasteiger partial charge is 0.334 e. The molecule has 0 amide bonds. The molecule has 2 rings (SSSR count). The molecule has 3 atom stereocenters. The average Bonchev–Trinajstić information content (AvgIpc) is 2.31. The van der Waals surface area contributed by atoms with Crippen molar-refractivity contribution in [1.29, 1.82) is 0 Å². The molecule has 2 fully saturated rings. The van der Waals surface area contributed by atoms with Crippen molar-refractivity contribution in [2.45, 2.75) is 31.5 Å². The zero-order valence-corrected chi connectivity index (χ0v) is 7.95. The second-order valence-corrected chi connectivity index (χ2v) is 4.18. The van der Waals surface area contributed by atoms with Gasteiger partial charge in [0.15, 0.2) is 5.78 Å². The Morgan fingerprint density at radius 2 is 2.21 bits per heavy atom. The highest BCUT2D eigenvalue weighted by molar-refractivity contribution is 5.95. The predicted molar refractivity (Wildman–Crippen MR) is 47.4 cm³/mol. The van der Waals surface area contributed by atoms with Crippen LogP contribution in [0.3, 0.4) is 0 Å². The van der Waals surface area contributed by atoms with Gasteiger partial charge in [0.05, 0.1) is 0 Å². The molecule has 4 heteroatoms. The first-order chi connectivity index (χ1) is 6.42. The molecule has 1 aliphatic heterocycles. The largest absolute Gasteiger partial charge is 0.458 e. The van der Waals surface area contributed by atoms with E-state index in [0.29, 0.717) is 5.57 Å². The highest BCUT2D eigenvalue weighted by Gasteiger charge is 2.50. The van der Waals surface area contributed by atoms with E-state index in [-0.39, 0.29) is 30.6 Å². The molecule has 0 radical (unpaired) electrons. The van der Waals surface area contributed by atoms with Crippen LogP contribution in [-0.4, -0.2) is 28.6 Å². The van der Waals surface area contributed by atoms with Crippen LogP contribution in [0.4, 0.5) is 0 Å². The van der Waals surface area contributed by atoms with Gasteiger partial charge in [-0.25, -0.2) is 4.79 Å². The van der Waals surface area contributed by atoms with Crippen molar-refractivity contribution in [1.82, 2.24) is 0 Å². The van der Waals surface area contributed by atoms with Gasteiger partial charge in [0.2, 0.25) is 0 Å². The quantitative estimate of drug-likeness (QED) is 0.444. The van der Waals surface area contributed by atoms with E-state index in [2.05, 4.69) is 6.58 Å². The van der Waals surface area contributed by atoms with E-state index >= 15 is 0 Å². The maximum atomic E-state index is 11.5. The van der Waals surface area contributed by atoms with Crippen LogP contribution in [0.1, 0.15) is 19.8 Å². The van der Waals surface area contributed by atoms with E-state index in [4.69, 9.17) is 4.74 Å². The van der Waals surface area contributed by atoms with Crippen LogP contribution in [0.15, 0.2) is 12.2 Å². The van der Waals surface area contributed by atoms with E-state index < -0.39 is 11.6 Å². The summed E-state index contributed by atoms with van der Waals surface area (Å²) in [6.45, 7) is 5.05. The molecule has 0 aromatic carbocycles. The topological polar surface area (TPSA) is 63.6 Å². The van der Waals surface area contributed by atoms with Crippen LogP contribution in [-0.2, 0) is 14.3 Å². The summed E-state index contributed by atoms with van der Waals surface area (Å²) < 4.78 is 5.01. The van der Waals surface area contributed by atoms with Crippen molar-refractivity contribution >= 4 is 11.8 Å². The van der Waals surface area contributed by atoms with Crippen molar-refractivity contribution < 1.29 is 19.4 Å². The van der Waals surface area contributed by atoms with Gasteiger partial charge in [-0.15, -0.1) is 0 Å². The van der Waals surface area contributed by atoms with Crippen molar-refractivity contribution in [3.63, 3.8) is 0 Å². The summed E-state index contributed by atoms with van der Waals surface area (Å²) in [5, 5.41) is 9.69. The van der Waals surface area contributed by atoms with Gasteiger partial charge in [-0.3, -0.25) is 4.79 Å². The Labute approximate surface area is 81.6 Å². The Morgan fingerprint density at radius 3 is 2.86 bits per heavy atom. The number of fused-ring (bicyclic) bond motifs is 1. The SMILES string of the molecule is C=C1C(=O)OC2C[C@](C)(O)C(=O)C[C@H]12. The van der Waals surface area contributed by atoms with Crippen molar-refractivity contribution in [2.24, 2.45) is 5.92 Å². The molecule has 1 aliphatic carbocycles. The molecule has 0 aromatic heterocycles. The third-order valence-electron chi connectivity index (χ3n) is 3.02. The van der Waals surface area contributed by atoms with E-state index in [1.807, 2.05) is 0 Å². The molecule has 14 heavy (non-hydrogen) atoms. The van der Waals surface area contributed by atoms with Crippen LogP contribution in [0.2, 0.25) is 0 Å². The van der Waals surface area contributed by atoms with Crippen LogP contribution < -0.4 is 0 Å². The highest BCUT2D eigenvalue weighted by atomic mass is 16.6. The number of ketones is 1. The molecule has 0 spiro atoms. The number of carbonyl (C=O) groups is 2. The number of rotatable bonds is 0. The number of carbonyl (C=O) groups excluding carboxylic acids is 2. The molecule has 2 aliphatic rings. The number of hydrogen-bond acceptors (Lipinski definition) is 4. The Balaban J connectivity index is 2.26.